The van der Waals surface area contributed by atoms with Gasteiger partial charge in [0.25, 0.3) is 0 Å². The molecule has 0 saturated carbocycles. The van der Waals surface area contributed by atoms with Gasteiger partial charge < -0.3 is 5.11 Å². The first-order valence-corrected chi connectivity index (χ1v) is 6.97. The summed E-state index contributed by atoms with van der Waals surface area (Å²) in [6, 6.07) is 4.37. The number of benzene rings is 1. The van der Waals surface area contributed by atoms with Crippen molar-refractivity contribution < 1.29 is 27.5 Å². The Labute approximate surface area is 110 Å². The lowest BCUT2D eigenvalue weighted by Gasteiger charge is -2.19. The first kappa shape index (κ1) is 15.3. The van der Waals surface area contributed by atoms with Gasteiger partial charge in [0.15, 0.2) is 20.4 Å². The van der Waals surface area contributed by atoms with E-state index in [1.165, 1.54) is 0 Å². The van der Waals surface area contributed by atoms with Crippen LogP contribution in [0.2, 0.25) is 0 Å². The van der Waals surface area contributed by atoms with Crippen LogP contribution >= 0.6 is 0 Å². The monoisotopic (exact) mass is 288 g/mol. The third kappa shape index (κ3) is 3.17. The molecule has 0 saturated heterocycles. The molecule has 0 heterocycles. The number of carboxylic acids is 1. The summed E-state index contributed by atoms with van der Waals surface area (Å²) in [5.41, 5.74) is 0.0196. The first-order chi connectivity index (χ1) is 8.58. The van der Waals surface area contributed by atoms with Crippen molar-refractivity contribution >= 4 is 21.6 Å². The predicted molar refractivity (Wildman–Crippen MR) is 66.2 cm³/mol. The average molecular weight is 288 g/mol. The summed E-state index contributed by atoms with van der Waals surface area (Å²) in [5.74, 6) is -3.78. The van der Waals surface area contributed by atoms with E-state index in [9.17, 15) is 22.4 Å². The van der Waals surface area contributed by atoms with Gasteiger partial charge in [-0.15, -0.1) is 0 Å². The van der Waals surface area contributed by atoms with Crippen molar-refractivity contribution in [3.05, 3.63) is 35.6 Å². The van der Waals surface area contributed by atoms with Crippen molar-refractivity contribution in [2.24, 2.45) is 0 Å². The number of aliphatic carboxylic acids is 1. The Morgan fingerprint density at radius 3 is 2.11 bits per heavy atom. The number of hydrogen-bond donors (Lipinski definition) is 1. The van der Waals surface area contributed by atoms with Crippen molar-refractivity contribution in [3.8, 4) is 0 Å². The Balaban J connectivity index is 3.00. The number of halogens is 1. The Morgan fingerprint density at radius 1 is 1.21 bits per heavy atom. The van der Waals surface area contributed by atoms with Crippen LogP contribution in [0, 0.1) is 5.82 Å². The number of carboxylic acid groups (broad SMARTS) is 1. The Kier molecular flexibility index (Phi) is 4.09. The molecule has 1 aromatic carbocycles. The van der Waals surface area contributed by atoms with E-state index in [4.69, 9.17) is 5.11 Å². The maximum absolute atomic E-state index is 12.7. The molecule has 0 spiro atoms. The number of sulfone groups is 1. The average Bonchev–Trinajstić information content (AvgIpc) is 2.28. The molecule has 0 unspecified atom stereocenters. The number of carbonyl (C=O) groups is 2. The van der Waals surface area contributed by atoms with Crippen molar-refractivity contribution in [1.29, 1.82) is 0 Å². The molecule has 19 heavy (non-hydrogen) atoms. The van der Waals surface area contributed by atoms with Gasteiger partial charge in [0.2, 0.25) is 0 Å². The third-order valence-corrected chi connectivity index (χ3v) is 5.15. The minimum Gasteiger partial charge on any atom is -0.480 e. The van der Waals surface area contributed by atoms with E-state index in [0.29, 0.717) is 0 Å². The van der Waals surface area contributed by atoms with Crippen LogP contribution < -0.4 is 0 Å². The zero-order valence-corrected chi connectivity index (χ0v) is 11.2. The molecule has 1 N–H and O–H groups in total. The molecule has 0 bridgehead atoms. The summed E-state index contributed by atoms with van der Waals surface area (Å²) < 4.78 is 34.4. The number of carbonyl (C=O) groups excluding carboxylic acids is 1. The molecule has 0 aliphatic carbocycles. The molecule has 0 aliphatic rings. The molecule has 1 aromatic rings. The minimum absolute atomic E-state index is 0.0196. The lowest BCUT2D eigenvalue weighted by molar-refractivity contribution is -0.139. The van der Waals surface area contributed by atoms with Gasteiger partial charge in [-0.2, -0.15) is 0 Å². The zero-order chi connectivity index (χ0) is 14.8. The molecule has 104 valence electrons. The second kappa shape index (κ2) is 5.08. The van der Waals surface area contributed by atoms with Crippen molar-refractivity contribution in [3.63, 3.8) is 0 Å². The summed E-state index contributed by atoms with van der Waals surface area (Å²) >= 11 is 0. The van der Waals surface area contributed by atoms with Crippen molar-refractivity contribution in [2.75, 3.05) is 5.75 Å². The van der Waals surface area contributed by atoms with E-state index in [1.807, 2.05) is 0 Å². The Bertz CT molecular complexity index is 602. The highest BCUT2D eigenvalue weighted by atomic mass is 32.2. The zero-order valence-electron chi connectivity index (χ0n) is 10.4. The van der Waals surface area contributed by atoms with Crippen LogP contribution in [0.4, 0.5) is 4.39 Å². The van der Waals surface area contributed by atoms with Crippen LogP contribution in [0.5, 0.6) is 0 Å². The molecule has 0 radical (unpaired) electrons. The van der Waals surface area contributed by atoms with Gasteiger partial charge in [0, 0.05) is 5.56 Å². The highest BCUT2D eigenvalue weighted by molar-refractivity contribution is 7.94. The summed E-state index contributed by atoms with van der Waals surface area (Å²) in [4.78, 5) is 22.6. The summed E-state index contributed by atoms with van der Waals surface area (Å²) in [6.07, 6.45) is 0. The summed E-state index contributed by atoms with van der Waals surface area (Å²) in [7, 11) is -4.16. The maximum atomic E-state index is 12.7. The van der Waals surface area contributed by atoms with E-state index in [-0.39, 0.29) is 5.56 Å². The SMILES string of the molecule is CC(C)(C(=O)O)S(=O)(=O)CC(=O)c1ccc(F)cc1. The highest BCUT2D eigenvalue weighted by Crippen LogP contribution is 2.19. The summed E-state index contributed by atoms with van der Waals surface area (Å²) in [6.45, 7) is 2.03. The normalized spacial score (nSPS) is 12.2. The fourth-order valence-electron chi connectivity index (χ4n) is 1.21. The molecule has 5 nitrogen and oxygen atoms in total. The van der Waals surface area contributed by atoms with Gasteiger partial charge >= 0.3 is 5.97 Å². The van der Waals surface area contributed by atoms with Crippen molar-refractivity contribution in [1.82, 2.24) is 0 Å². The van der Waals surface area contributed by atoms with Crippen LogP contribution in [0.15, 0.2) is 24.3 Å². The molecule has 0 aromatic heterocycles. The van der Waals surface area contributed by atoms with Crippen LogP contribution in [0.3, 0.4) is 0 Å². The largest absolute Gasteiger partial charge is 0.480 e. The maximum Gasteiger partial charge on any atom is 0.324 e. The van der Waals surface area contributed by atoms with Crippen LogP contribution in [0.1, 0.15) is 24.2 Å². The van der Waals surface area contributed by atoms with Crippen molar-refractivity contribution in [2.45, 2.75) is 18.6 Å². The topological polar surface area (TPSA) is 88.5 Å². The molecule has 1 rings (SSSR count). The highest BCUT2D eigenvalue weighted by Gasteiger charge is 2.42. The van der Waals surface area contributed by atoms with E-state index in [2.05, 4.69) is 0 Å². The van der Waals surface area contributed by atoms with Gasteiger partial charge in [-0.3, -0.25) is 9.59 Å². The third-order valence-electron chi connectivity index (χ3n) is 2.78. The van der Waals surface area contributed by atoms with Gasteiger partial charge in [0.1, 0.15) is 11.6 Å². The Morgan fingerprint density at radius 2 is 1.68 bits per heavy atom. The Hall–Kier alpha value is -1.76. The number of hydrogen-bond acceptors (Lipinski definition) is 4. The minimum atomic E-state index is -4.16. The van der Waals surface area contributed by atoms with E-state index in [1.54, 1.807) is 0 Å². The smallest absolute Gasteiger partial charge is 0.324 e. The van der Waals surface area contributed by atoms with Gasteiger partial charge in [-0.25, -0.2) is 12.8 Å². The van der Waals surface area contributed by atoms with Crippen LogP contribution in [-0.4, -0.2) is 35.8 Å². The number of ketones is 1. The quantitative estimate of drug-likeness (QED) is 0.825. The van der Waals surface area contributed by atoms with E-state index < -0.39 is 37.9 Å². The lowest BCUT2D eigenvalue weighted by Crippen LogP contribution is -2.43. The lowest BCUT2D eigenvalue weighted by atomic mass is 10.1. The second-order valence-corrected chi connectivity index (χ2v) is 7.04. The molecular formula is C12H13FO5S. The molecule has 0 amide bonds. The molecule has 0 fully saturated rings. The van der Waals surface area contributed by atoms with E-state index >= 15 is 0 Å². The molecule has 0 aliphatic heterocycles. The van der Waals surface area contributed by atoms with Gasteiger partial charge in [-0.1, -0.05) is 0 Å². The second-order valence-electron chi connectivity index (χ2n) is 4.50. The van der Waals surface area contributed by atoms with Crippen LogP contribution in [-0.2, 0) is 14.6 Å². The molecule has 7 heteroatoms. The predicted octanol–water partition coefficient (Wildman–Crippen LogP) is 1.29. The van der Waals surface area contributed by atoms with E-state index in [0.717, 1.165) is 38.1 Å². The molecule has 0 atom stereocenters. The standard InChI is InChI=1S/C12H13FO5S/c1-12(2,11(15)16)19(17,18)7-10(14)8-3-5-9(13)6-4-8/h3-6H,7H2,1-2H3,(H,15,16). The fourth-order valence-corrected chi connectivity index (χ4v) is 2.34. The summed E-state index contributed by atoms with van der Waals surface area (Å²) in [5, 5.41) is 8.86. The number of Topliss-reactive ketones (excluding diaryl/α,β-unsaturated/α-hetero) is 1. The fraction of sp³-hybridized carbons (Fsp3) is 0.333. The van der Waals surface area contributed by atoms with Gasteiger partial charge in [0.05, 0.1) is 0 Å². The first-order valence-electron chi connectivity index (χ1n) is 5.32. The van der Waals surface area contributed by atoms with Gasteiger partial charge in [-0.05, 0) is 38.1 Å². The molecular weight excluding hydrogens is 275 g/mol. The number of rotatable bonds is 5. The van der Waals surface area contributed by atoms with Crippen LogP contribution in [0.25, 0.3) is 0 Å².